The first-order valence-corrected chi connectivity index (χ1v) is 8.01. The molecule has 6 atom stereocenters. The zero-order valence-electron chi connectivity index (χ0n) is 13.4. The third-order valence-electron chi connectivity index (χ3n) is 5.25. The Morgan fingerprint density at radius 2 is 1.52 bits per heavy atom. The zero-order chi connectivity index (χ0) is 15.4. The van der Waals surface area contributed by atoms with E-state index in [9.17, 15) is 4.79 Å². The average Bonchev–Trinajstić information content (AvgIpc) is 2.52. The van der Waals surface area contributed by atoms with E-state index in [1.807, 2.05) is 0 Å². The van der Waals surface area contributed by atoms with Crippen molar-refractivity contribution in [2.45, 2.75) is 62.9 Å². The predicted octanol–water partition coefficient (Wildman–Crippen LogP) is 1.53. The molecule has 0 heterocycles. The molecule has 6 unspecified atom stereocenters. The normalized spacial score (nSPS) is 41.0. The van der Waals surface area contributed by atoms with Crippen LogP contribution in [0.25, 0.3) is 0 Å². The molecule has 0 amide bonds. The van der Waals surface area contributed by atoms with Gasteiger partial charge in [0.1, 0.15) is 11.9 Å². The number of ketones is 1. The Morgan fingerprint density at radius 3 is 2.10 bits per heavy atom. The van der Waals surface area contributed by atoms with Crippen LogP contribution >= 0.6 is 0 Å². The largest absolute Gasteiger partial charge is 0.379 e. The highest BCUT2D eigenvalue weighted by molar-refractivity contribution is 5.85. The fourth-order valence-electron chi connectivity index (χ4n) is 4.04. The molecule has 0 aliphatic heterocycles. The van der Waals surface area contributed by atoms with Crippen molar-refractivity contribution in [2.75, 3.05) is 21.3 Å². The Morgan fingerprint density at radius 1 is 0.857 bits per heavy atom. The second-order valence-electron chi connectivity index (χ2n) is 6.32. The molecule has 0 aromatic rings. The fraction of sp³-hybridized carbons (Fsp3) is 0.938. The molecule has 2 saturated carbocycles. The van der Waals surface area contributed by atoms with Crippen LogP contribution in [0.5, 0.6) is 0 Å². The number of carbonyl (C=O) groups is 1. The van der Waals surface area contributed by atoms with E-state index >= 15 is 0 Å². The second kappa shape index (κ2) is 7.68. The Kier molecular flexibility index (Phi) is 6.17. The number of rotatable bonds is 5. The summed E-state index contributed by atoms with van der Waals surface area (Å²) in [5.74, 6) is 0.129. The number of nitrogens with two attached hydrogens (primary N) is 1. The third kappa shape index (κ3) is 3.47. The summed E-state index contributed by atoms with van der Waals surface area (Å²) in [7, 11) is 4.99. The number of hydrogen-bond acceptors (Lipinski definition) is 5. The summed E-state index contributed by atoms with van der Waals surface area (Å²) in [4.78, 5) is 12.9. The van der Waals surface area contributed by atoms with Gasteiger partial charge in [-0.25, -0.2) is 0 Å². The highest BCUT2D eigenvalue weighted by Crippen LogP contribution is 2.35. The van der Waals surface area contributed by atoms with Gasteiger partial charge in [0.2, 0.25) is 0 Å². The third-order valence-corrected chi connectivity index (χ3v) is 5.25. The number of hydrogen-bond donors (Lipinski definition) is 1. The predicted molar refractivity (Wildman–Crippen MR) is 80.1 cm³/mol. The monoisotopic (exact) mass is 299 g/mol. The molecule has 2 N–H and O–H groups in total. The van der Waals surface area contributed by atoms with Crippen molar-refractivity contribution >= 4 is 5.78 Å². The van der Waals surface area contributed by atoms with E-state index in [-0.39, 0.29) is 42.0 Å². The van der Waals surface area contributed by atoms with E-state index in [1.165, 1.54) is 0 Å². The van der Waals surface area contributed by atoms with Crippen LogP contribution in [0.1, 0.15) is 38.5 Å². The first kappa shape index (κ1) is 16.9. The van der Waals surface area contributed by atoms with Gasteiger partial charge >= 0.3 is 0 Å². The average molecular weight is 299 g/mol. The van der Waals surface area contributed by atoms with Gasteiger partial charge in [0.25, 0.3) is 0 Å². The minimum Gasteiger partial charge on any atom is -0.379 e. The second-order valence-corrected chi connectivity index (χ2v) is 6.32. The van der Waals surface area contributed by atoms with E-state index in [1.54, 1.807) is 21.3 Å². The standard InChI is InChI=1S/C16H29NO4/c1-19-13-9-8-11(15(20-2)16(13)21-3)14(18)10-6-4-5-7-12(10)17/h10-13,15-16H,4-9,17H2,1-3H3. The first-order chi connectivity index (χ1) is 10.1. The van der Waals surface area contributed by atoms with Gasteiger partial charge in [0, 0.05) is 39.2 Å². The van der Waals surface area contributed by atoms with Gasteiger partial charge in [0.05, 0.1) is 12.2 Å². The molecule has 0 saturated heterocycles. The van der Waals surface area contributed by atoms with Gasteiger partial charge < -0.3 is 19.9 Å². The maximum Gasteiger partial charge on any atom is 0.143 e. The van der Waals surface area contributed by atoms with Crippen LogP contribution in [0, 0.1) is 11.8 Å². The Labute approximate surface area is 127 Å². The minimum atomic E-state index is -0.240. The van der Waals surface area contributed by atoms with Crippen molar-refractivity contribution in [3.8, 4) is 0 Å². The van der Waals surface area contributed by atoms with Gasteiger partial charge in [-0.2, -0.15) is 0 Å². The number of ether oxygens (including phenoxy) is 3. The molecule has 2 fully saturated rings. The van der Waals surface area contributed by atoms with E-state index in [2.05, 4.69) is 0 Å². The van der Waals surface area contributed by atoms with Crippen LogP contribution in [0.2, 0.25) is 0 Å². The lowest BCUT2D eigenvalue weighted by molar-refractivity contribution is -0.164. The maximum atomic E-state index is 12.9. The van der Waals surface area contributed by atoms with Crippen LogP contribution in [0.3, 0.4) is 0 Å². The Balaban J connectivity index is 2.12. The molecule has 0 radical (unpaired) electrons. The fourth-order valence-corrected chi connectivity index (χ4v) is 4.04. The summed E-state index contributed by atoms with van der Waals surface area (Å²) in [6.45, 7) is 0. The van der Waals surface area contributed by atoms with E-state index < -0.39 is 0 Å². The van der Waals surface area contributed by atoms with Gasteiger partial charge in [-0.15, -0.1) is 0 Å². The lowest BCUT2D eigenvalue weighted by Crippen LogP contribution is -2.54. The molecular weight excluding hydrogens is 270 g/mol. The van der Waals surface area contributed by atoms with Crippen molar-refractivity contribution in [3.05, 3.63) is 0 Å². The molecule has 0 bridgehead atoms. The molecule has 5 heteroatoms. The molecular formula is C16H29NO4. The molecule has 0 aromatic heterocycles. The molecule has 0 spiro atoms. The van der Waals surface area contributed by atoms with Gasteiger partial charge in [-0.05, 0) is 25.7 Å². The topological polar surface area (TPSA) is 70.8 Å². The first-order valence-electron chi connectivity index (χ1n) is 8.01. The molecule has 5 nitrogen and oxygen atoms in total. The van der Waals surface area contributed by atoms with Crippen LogP contribution in [0.4, 0.5) is 0 Å². The van der Waals surface area contributed by atoms with Crippen LogP contribution < -0.4 is 5.73 Å². The van der Waals surface area contributed by atoms with Gasteiger partial charge in [-0.3, -0.25) is 4.79 Å². The quantitative estimate of drug-likeness (QED) is 0.833. The van der Waals surface area contributed by atoms with E-state index in [0.29, 0.717) is 0 Å². The van der Waals surface area contributed by atoms with Crippen molar-refractivity contribution in [3.63, 3.8) is 0 Å². The summed E-state index contributed by atoms with van der Waals surface area (Å²) >= 11 is 0. The highest BCUT2D eigenvalue weighted by Gasteiger charge is 2.46. The van der Waals surface area contributed by atoms with Crippen molar-refractivity contribution in [2.24, 2.45) is 17.6 Å². The summed E-state index contributed by atoms with van der Waals surface area (Å²) in [6, 6.07) is 0.00454. The zero-order valence-corrected chi connectivity index (χ0v) is 13.4. The lowest BCUT2D eigenvalue weighted by Gasteiger charge is -2.42. The Hall–Kier alpha value is -0.490. The number of carbonyl (C=O) groups excluding carboxylic acids is 1. The molecule has 21 heavy (non-hydrogen) atoms. The lowest BCUT2D eigenvalue weighted by atomic mass is 9.72. The number of methoxy groups -OCH3 is 3. The summed E-state index contributed by atoms with van der Waals surface area (Å²) < 4.78 is 16.7. The maximum absolute atomic E-state index is 12.9. The smallest absolute Gasteiger partial charge is 0.143 e. The molecule has 2 aliphatic carbocycles. The van der Waals surface area contributed by atoms with E-state index in [4.69, 9.17) is 19.9 Å². The molecule has 2 aliphatic rings. The molecule has 0 aromatic carbocycles. The summed E-state index contributed by atoms with van der Waals surface area (Å²) in [6.07, 6.45) is 5.28. The van der Waals surface area contributed by atoms with Gasteiger partial charge in [0.15, 0.2) is 0 Å². The highest BCUT2D eigenvalue weighted by atomic mass is 16.6. The van der Waals surface area contributed by atoms with Crippen LogP contribution in [-0.2, 0) is 19.0 Å². The van der Waals surface area contributed by atoms with Crippen LogP contribution in [0.15, 0.2) is 0 Å². The van der Waals surface area contributed by atoms with Gasteiger partial charge in [-0.1, -0.05) is 12.8 Å². The molecule has 2 rings (SSSR count). The van der Waals surface area contributed by atoms with Crippen LogP contribution in [-0.4, -0.2) is 51.5 Å². The summed E-state index contributed by atoms with van der Waals surface area (Å²) in [5.41, 5.74) is 6.18. The number of Topliss-reactive ketones (excluding diaryl/α,β-unsaturated/α-hetero) is 1. The Bertz CT molecular complexity index is 349. The SMILES string of the molecule is COC1CCC(C(=O)C2CCCCC2N)C(OC)C1OC. The molecule has 122 valence electrons. The summed E-state index contributed by atoms with van der Waals surface area (Å²) in [5, 5.41) is 0. The van der Waals surface area contributed by atoms with Crippen molar-refractivity contribution in [1.29, 1.82) is 0 Å². The van der Waals surface area contributed by atoms with Crippen molar-refractivity contribution in [1.82, 2.24) is 0 Å². The minimum absolute atomic E-state index is 0.00454. The van der Waals surface area contributed by atoms with Crippen molar-refractivity contribution < 1.29 is 19.0 Å². The van der Waals surface area contributed by atoms with E-state index in [0.717, 1.165) is 38.5 Å².